The van der Waals surface area contributed by atoms with E-state index in [2.05, 4.69) is 81.5 Å². The summed E-state index contributed by atoms with van der Waals surface area (Å²) in [5.74, 6) is -0.851. The largest absolute Gasteiger partial charge is 0.462 e. The van der Waals surface area contributed by atoms with E-state index in [1.165, 1.54) is 257 Å². The van der Waals surface area contributed by atoms with Crippen LogP contribution in [0, 0.1) is 0 Å². The molecular weight excluding hydrogens is 997 g/mol. The van der Waals surface area contributed by atoms with Crippen LogP contribution in [0.1, 0.15) is 380 Å². The average Bonchev–Trinajstić information content (AvgIpc) is 3.47. The van der Waals surface area contributed by atoms with E-state index in [1.807, 2.05) is 0 Å². The highest BCUT2D eigenvalue weighted by Crippen LogP contribution is 2.18. The van der Waals surface area contributed by atoms with Crippen LogP contribution >= 0.6 is 0 Å². The fourth-order valence-electron chi connectivity index (χ4n) is 10.7. The highest BCUT2D eigenvalue weighted by Gasteiger charge is 2.19. The number of unbranched alkanes of at least 4 members (excludes halogenated alkanes) is 45. The average molecular weight is 1130 g/mol. The van der Waals surface area contributed by atoms with Crippen molar-refractivity contribution in [2.24, 2.45) is 0 Å². The van der Waals surface area contributed by atoms with Crippen LogP contribution in [0.3, 0.4) is 0 Å². The standard InChI is InChI=1S/C75H136O6/c1-4-7-10-13-16-19-22-25-28-31-34-36-37-39-41-44-47-50-53-56-59-62-65-68-74(77)80-71-72(70-79-73(76)67-64-61-58-55-52-49-46-43-40-33-30-27-24-21-18-15-12-9-6-3)81-75(78)69-66-63-60-57-54-51-48-45-42-38-35-32-29-26-23-20-17-14-11-8-5-2/h7,10,16,19,25,28,32,34-36,72H,4-6,8-9,11-15,17-18,20-24,26-27,29-31,33,37-71H2,1-3H3/b10-7-,19-16-,28-25-,35-32-,36-34-. The summed E-state index contributed by atoms with van der Waals surface area (Å²) in [5.41, 5.74) is 0. The molecule has 6 heteroatoms. The van der Waals surface area contributed by atoms with Crippen LogP contribution < -0.4 is 0 Å². The minimum Gasteiger partial charge on any atom is -0.462 e. The van der Waals surface area contributed by atoms with E-state index in [0.717, 1.165) is 83.5 Å². The molecule has 81 heavy (non-hydrogen) atoms. The second-order valence-corrected chi connectivity index (χ2v) is 24.1. The van der Waals surface area contributed by atoms with Crippen LogP contribution in [0.15, 0.2) is 60.8 Å². The number of esters is 3. The van der Waals surface area contributed by atoms with Gasteiger partial charge in [0.1, 0.15) is 13.2 Å². The van der Waals surface area contributed by atoms with Gasteiger partial charge in [0.2, 0.25) is 0 Å². The number of allylic oxidation sites excluding steroid dienone is 10. The van der Waals surface area contributed by atoms with Crippen molar-refractivity contribution in [3.8, 4) is 0 Å². The Morgan fingerprint density at radius 2 is 0.481 bits per heavy atom. The van der Waals surface area contributed by atoms with Crippen molar-refractivity contribution in [1.82, 2.24) is 0 Å². The van der Waals surface area contributed by atoms with E-state index in [9.17, 15) is 14.4 Å². The lowest BCUT2D eigenvalue weighted by Gasteiger charge is -2.18. The summed E-state index contributed by atoms with van der Waals surface area (Å²) in [4.78, 5) is 38.5. The summed E-state index contributed by atoms with van der Waals surface area (Å²) in [6.45, 7) is 6.60. The molecule has 0 aromatic heterocycles. The summed E-state index contributed by atoms with van der Waals surface area (Å²) >= 11 is 0. The van der Waals surface area contributed by atoms with Crippen molar-refractivity contribution >= 4 is 17.9 Å². The van der Waals surface area contributed by atoms with E-state index in [1.54, 1.807) is 0 Å². The summed E-state index contributed by atoms with van der Waals surface area (Å²) in [5, 5.41) is 0. The van der Waals surface area contributed by atoms with Crippen molar-refractivity contribution in [3.63, 3.8) is 0 Å². The second-order valence-electron chi connectivity index (χ2n) is 24.1. The Balaban J connectivity index is 4.34. The molecule has 1 unspecified atom stereocenters. The van der Waals surface area contributed by atoms with E-state index in [-0.39, 0.29) is 31.1 Å². The number of ether oxygens (including phenoxy) is 3. The van der Waals surface area contributed by atoms with Gasteiger partial charge in [-0.2, -0.15) is 0 Å². The van der Waals surface area contributed by atoms with Crippen LogP contribution in [0.25, 0.3) is 0 Å². The highest BCUT2D eigenvalue weighted by molar-refractivity contribution is 5.71. The van der Waals surface area contributed by atoms with Crippen LogP contribution in [0.2, 0.25) is 0 Å². The molecule has 0 aliphatic carbocycles. The molecule has 0 saturated heterocycles. The van der Waals surface area contributed by atoms with E-state index in [0.29, 0.717) is 19.3 Å². The zero-order valence-electron chi connectivity index (χ0n) is 54.3. The summed E-state index contributed by atoms with van der Waals surface area (Å²) in [6.07, 6.45) is 89.5. The second kappa shape index (κ2) is 69.6. The van der Waals surface area contributed by atoms with Gasteiger partial charge in [-0.25, -0.2) is 0 Å². The smallest absolute Gasteiger partial charge is 0.306 e. The Hall–Kier alpha value is -2.89. The maximum Gasteiger partial charge on any atom is 0.306 e. The Morgan fingerprint density at radius 1 is 0.259 bits per heavy atom. The van der Waals surface area contributed by atoms with E-state index in [4.69, 9.17) is 14.2 Å². The van der Waals surface area contributed by atoms with Crippen LogP contribution in [0.4, 0.5) is 0 Å². The first kappa shape index (κ1) is 78.1. The lowest BCUT2D eigenvalue weighted by molar-refractivity contribution is -0.167. The molecule has 0 rings (SSSR count). The molecule has 0 aromatic carbocycles. The lowest BCUT2D eigenvalue weighted by Crippen LogP contribution is -2.30. The maximum absolute atomic E-state index is 13.0. The van der Waals surface area contributed by atoms with Crippen LogP contribution in [-0.4, -0.2) is 37.2 Å². The van der Waals surface area contributed by atoms with E-state index >= 15 is 0 Å². The van der Waals surface area contributed by atoms with Gasteiger partial charge in [0.25, 0.3) is 0 Å². The predicted octanol–water partition coefficient (Wildman–Crippen LogP) is 24.7. The number of hydrogen-bond acceptors (Lipinski definition) is 6. The number of carbonyl (C=O) groups excluding carboxylic acids is 3. The number of hydrogen-bond donors (Lipinski definition) is 0. The molecule has 0 radical (unpaired) electrons. The third-order valence-corrected chi connectivity index (χ3v) is 16.0. The zero-order valence-corrected chi connectivity index (χ0v) is 54.3. The summed E-state index contributed by atoms with van der Waals surface area (Å²) < 4.78 is 17.0. The normalized spacial score (nSPS) is 12.4. The van der Waals surface area contributed by atoms with Crippen LogP contribution in [0.5, 0.6) is 0 Å². The molecule has 0 N–H and O–H groups in total. The molecule has 0 aliphatic rings. The van der Waals surface area contributed by atoms with Gasteiger partial charge in [0.15, 0.2) is 6.10 Å². The third kappa shape index (κ3) is 67.8. The molecule has 6 nitrogen and oxygen atoms in total. The fourth-order valence-corrected chi connectivity index (χ4v) is 10.7. The molecule has 0 heterocycles. The topological polar surface area (TPSA) is 78.9 Å². The Labute approximate surface area is 504 Å². The predicted molar refractivity (Wildman–Crippen MR) is 353 cm³/mol. The molecular formula is C75H136O6. The first-order valence-corrected chi connectivity index (χ1v) is 35.8. The molecule has 0 bridgehead atoms. The monoisotopic (exact) mass is 1130 g/mol. The van der Waals surface area contributed by atoms with E-state index < -0.39 is 6.10 Å². The van der Waals surface area contributed by atoms with Gasteiger partial charge in [0.05, 0.1) is 0 Å². The first-order valence-electron chi connectivity index (χ1n) is 35.8. The van der Waals surface area contributed by atoms with Crippen molar-refractivity contribution in [1.29, 1.82) is 0 Å². The van der Waals surface area contributed by atoms with Gasteiger partial charge in [-0.05, 0) is 83.5 Å². The molecule has 1 atom stereocenters. The molecule has 0 aliphatic heterocycles. The maximum atomic E-state index is 13.0. The molecule has 0 aromatic rings. The van der Waals surface area contributed by atoms with Crippen LogP contribution in [-0.2, 0) is 28.6 Å². The van der Waals surface area contributed by atoms with Crippen molar-refractivity contribution in [2.45, 2.75) is 386 Å². The zero-order chi connectivity index (χ0) is 58.5. The van der Waals surface area contributed by atoms with Crippen molar-refractivity contribution < 1.29 is 28.6 Å². The Bertz CT molecular complexity index is 1440. The summed E-state index contributed by atoms with van der Waals surface area (Å²) in [7, 11) is 0. The van der Waals surface area contributed by atoms with Gasteiger partial charge >= 0.3 is 17.9 Å². The molecule has 0 spiro atoms. The van der Waals surface area contributed by atoms with Gasteiger partial charge in [-0.1, -0.05) is 338 Å². The SMILES string of the molecule is CC/C=C\C/C=C\C/C=C\C/C=C\CCCCCCCCCCCCC(=O)OCC(COC(=O)CCCCCCCCCCCCCCCCCCCCC)OC(=O)CCCCCCCCCCC/C=C\CCCCCCCCCC. The van der Waals surface area contributed by atoms with Crippen molar-refractivity contribution in [2.75, 3.05) is 13.2 Å². The minimum atomic E-state index is -0.777. The number of rotatable bonds is 66. The highest BCUT2D eigenvalue weighted by atomic mass is 16.6. The van der Waals surface area contributed by atoms with Gasteiger partial charge in [-0.3, -0.25) is 14.4 Å². The Kier molecular flexibility index (Phi) is 67.1. The fraction of sp³-hybridized carbons (Fsp3) is 0.827. The van der Waals surface area contributed by atoms with Gasteiger partial charge < -0.3 is 14.2 Å². The molecule has 0 amide bonds. The quantitative estimate of drug-likeness (QED) is 0.0261. The third-order valence-electron chi connectivity index (χ3n) is 16.0. The number of carbonyl (C=O) groups is 3. The first-order chi connectivity index (χ1) is 40.0. The molecule has 0 saturated carbocycles. The molecule has 472 valence electrons. The van der Waals surface area contributed by atoms with Crippen molar-refractivity contribution in [3.05, 3.63) is 60.8 Å². The Morgan fingerprint density at radius 3 is 0.765 bits per heavy atom. The summed E-state index contributed by atoms with van der Waals surface area (Å²) in [6, 6.07) is 0. The minimum absolute atomic E-state index is 0.0716. The molecule has 0 fully saturated rings. The lowest BCUT2D eigenvalue weighted by atomic mass is 10.0. The van der Waals surface area contributed by atoms with Gasteiger partial charge in [0, 0.05) is 19.3 Å². The van der Waals surface area contributed by atoms with Gasteiger partial charge in [-0.15, -0.1) is 0 Å².